The molecule has 1 aliphatic carbocycles. The molecule has 1 saturated carbocycles. The van der Waals surface area contributed by atoms with Crippen LogP contribution in [-0.2, 0) is 0 Å². The number of benzene rings is 1. The molecular formula is C15H20N2O2. The molecule has 3 rings (SSSR count). The second-order valence-electron chi connectivity index (χ2n) is 5.29. The van der Waals surface area contributed by atoms with Crippen molar-refractivity contribution < 1.29 is 9.53 Å². The van der Waals surface area contributed by atoms with Gasteiger partial charge in [-0.1, -0.05) is 12.1 Å². The number of piperazine rings is 1. The van der Waals surface area contributed by atoms with Crippen molar-refractivity contribution in [3.63, 3.8) is 0 Å². The van der Waals surface area contributed by atoms with Crippen LogP contribution in [0.1, 0.15) is 23.2 Å². The molecule has 1 aromatic carbocycles. The monoisotopic (exact) mass is 260 g/mol. The molecule has 19 heavy (non-hydrogen) atoms. The average Bonchev–Trinajstić information content (AvgIpc) is 3.30. The molecule has 0 radical (unpaired) electrons. The number of nitrogens with one attached hydrogen (secondary N) is 1. The zero-order valence-electron chi connectivity index (χ0n) is 11.1. The highest BCUT2D eigenvalue weighted by molar-refractivity contribution is 5.97. The Hall–Kier alpha value is -1.55. The predicted molar refractivity (Wildman–Crippen MR) is 73.4 cm³/mol. The summed E-state index contributed by atoms with van der Waals surface area (Å²) in [6.07, 6.45) is 2.52. The Morgan fingerprint density at radius 1 is 1.26 bits per heavy atom. The number of amides is 1. The van der Waals surface area contributed by atoms with Gasteiger partial charge in [-0.05, 0) is 30.9 Å². The zero-order valence-corrected chi connectivity index (χ0v) is 11.1. The largest absolute Gasteiger partial charge is 0.492 e. The van der Waals surface area contributed by atoms with Gasteiger partial charge in [-0.15, -0.1) is 0 Å². The van der Waals surface area contributed by atoms with E-state index in [1.807, 2.05) is 29.2 Å². The Morgan fingerprint density at radius 3 is 2.74 bits per heavy atom. The molecular weight excluding hydrogens is 240 g/mol. The molecule has 1 N–H and O–H groups in total. The van der Waals surface area contributed by atoms with E-state index in [1.165, 1.54) is 12.8 Å². The average molecular weight is 260 g/mol. The third-order valence-electron chi connectivity index (χ3n) is 3.69. The van der Waals surface area contributed by atoms with Gasteiger partial charge in [0.05, 0.1) is 12.2 Å². The molecule has 1 aliphatic heterocycles. The molecule has 0 unspecified atom stereocenters. The normalized spacial score (nSPS) is 19.3. The lowest BCUT2D eigenvalue weighted by Crippen LogP contribution is -2.46. The minimum absolute atomic E-state index is 0.0906. The van der Waals surface area contributed by atoms with Crippen LogP contribution in [0, 0.1) is 5.92 Å². The van der Waals surface area contributed by atoms with E-state index in [2.05, 4.69) is 5.32 Å². The molecule has 1 amide bonds. The van der Waals surface area contributed by atoms with E-state index in [0.717, 1.165) is 38.5 Å². The Balaban J connectivity index is 1.72. The summed E-state index contributed by atoms with van der Waals surface area (Å²) in [5.41, 5.74) is 0.699. The molecule has 0 atom stereocenters. The van der Waals surface area contributed by atoms with E-state index < -0.39 is 0 Å². The number of carbonyl (C=O) groups is 1. The summed E-state index contributed by atoms with van der Waals surface area (Å²) in [5, 5.41) is 3.26. The number of rotatable bonds is 4. The second kappa shape index (κ2) is 5.61. The first-order valence-electron chi connectivity index (χ1n) is 7.06. The van der Waals surface area contributed by atoms with Crippen LogP contribution in [0.25, 0.3) is 0 Å². The minimum atomic E-state index is 0.0906. The summed E-state index contributed by atoms with van der Waals surface area (Å²) in [6.45, 7) is 4.03. The molecule has 0 aromatic heterocycles. The van der Waals surface area contributed by atoms with Crippen LogP contribution in [0.2, 0.25) is 0 Å². The van der Waals surface area contributed by atoms with Crippen LogP contribution in [0.3, 0.4) is 0 Å². The van der Waals surface area contributed by atoms with Gasteiger partial charge in [-0.2, -0.15) is 0 Å². The van der Waals surface area contributed by atoms with Crippen molar-refractivity contribution in [2.75, 3.05) is 32.8 Å². The number of para-hydroxylation sites is 1. The van der Waals surface area contributed by atoms with E-state index in [4.69, 9.17) is 4.74 Å². The third kappa shape index (κ3) is 3.07. The van der Waals surface area contributed by atoms with E-state index in [-0.39, 0.29) is 5.91 Å². The molecule has 4 heteroatoms. The molecule has 1 aromatic rings. The lowest BCUT2D eigenvalue weighted by atomic mass is 10.1. The first-order chi connectivity index (χ1) is 9.34. The van der Waals surface area contributed by atoms with Gasteiger partial charge in [0.15, 0.2) is 0 Å². The van der Waals surface area contributed by atoms with Gasteiger partial charge in [0.2, 0.25) is 0 Å². The van der Waals surface area contributed by atoms with Gasteiger partial charge in [0.1, 0.15) is 5.75 Å². The van der Waals surface area contributed by atoms with Gasteiger partial charge in [-0.25, -0.2) is 0 Å². The van der Waals surface area contributed by atoms with Crippen LogP contribution < -0.4 is 10.1 Å². The van der Waals surface area contributed by atoms with Gasteiger partial charge in [-0.3, -0.25) is 4.79 Å². The molecule has 0 spiro atoms. The molecule has 4 nitrogen and oxygen atoms in total. The first kappa shape index (κ1) is 12.5. The fourth-order valence-corrected chi connectivity index (χ4v) is 2.30. The highest BCUT2D eigenvalue weighted by Crippen LogP contribution is 2.30. The van der Waals surface area contributed by atoms with E-state index in [0.29, 0.717) is 11.5 Å². The molecule has 1 heterocycles. The number of nitrogens with zero attached hydrogens (tertiary/aromatic N) is 1. The van der Waals surface area contributed by atoms with Crippen molar-refractivity contribution in [2.45, 2.75) is 12.8 Å². The van der Waals surface area contributed by atoms with Crippen LogP contribution in [0.4, 0.5) is 0 Å². The van der Waals surface area contributed by atoms with Gasteiger partial charge >= 0.3 is 0 Å². The van der Waals surface area contributed by atoms with Crippen LogP contribution in [0.15, 0.2) is 24.3 Å². The fourth-order valence-electron chi connectivity index (χ4n) is 2.30. The van der Waals surface area contributed by atoms with Gasteiger partial charge in [0.25, 0.3) is 5.91 Å². The minimum Gasteiger partial charge on any atom is -0.492 e. The summed E-state index contributed by atoms with van der Waals surface area (Å²) >= 11 is 0. The van der Waals surface area contributed by atoms with Crippen molar-refractivity contribution in [2.24, 2.45) is 5.92 Å². The van der Waals surface area contributed by atoms with Crippen molar-refractivity contribution in [1.29, 1.82) is 0 Å². The number of hydrogen-bond acceptors (Lipinski definition) is 3. The third-order valence-corrected chi connectivity index (χ3v) is 3.69. The molecule has 1 saturated heterocycles. The highest BCUT2D eigenvalue weighted by Gasteiger charge is 2.24. The van der Waals surface area contributed by atoms with Crippen molar-refractivity contribution in [3.8, 4) is 5.75 Å². The molecule has 2 aliphatic rings. The predicted octanol–water partition coefficient (Wildman–Crippen LogP) is 1.52. The SMILES string of the molecule is O=C(c1ccccc1OCC1CC1)N1CCNCC1. The summed E-state index contributed by atoms with van der Waals surface area (Å²) < 4.78 is 5.81. The molecule has 2 fully saturated rings. The number of carbonyl (C=O) groups excluding carboxylic acids is 1. The Bertz CT molecular complexity index is 451. The second-order valence-corrected chi connectivity index (χ2v) is 5.29. The number of hydrogen-bond donors (Lipinski definition) is 1. The maximum Gasteiger partial charge on any atom is 0.257 e. The first-order valence-corrected chi connectivity index (χ1v) is 7.06. The Kier molecular flexibility index (Phi) is 3.69. The lowest BCUT2D eigenvalue weighted by molar-refractivity contribution is 0.0731. The van der Waals surface area contributed by atoms with E-state index in [1.54, 1.807) is 0 Å². The summed E-state index contributed by atoms with van der Waals surface area (Å²) in [4.78, 5) is 14.4. The topological polar surface area (TPSA) is 41.6 Å². The van der Waals surface area contributed by atoms with Crippen molar-refractivity contribution in [1.82, 2.24) is 10.2 Å². The highest BCUT2D eigenvalue weighted by atomic mass is 16.5. The van der Waals surface area contributed by atoms with Crippen molar-refractivity contribution in [3.05, 3.63) is 29.8 Å². The maximum atomic E-state index is 12.5. The van der Waals surface area contributed by atoms with Gasteiger partial charge < -0.3 is 15.0 Å². The molecule has 0 bridgehead atoms. The quantitative estimate of drug-likeness (QED) is 0.892. The van der Waals surface area contributed by atoms with Crippen LogP contribution in [-0.4, -0.2) is 43.6 Å². The van der Waals surface area contributed by atoms with E-state index >= 15 is 0 Å². The summed E-state index contributed by atoms with van der Waals surface area (Å²) in [6, 6.07) is 7.60. The smallest absolute Gasteiger partial charge is 0.257 e. The number of ether oxygens (including phenoxy) is 1. The standard InChI is InChI=1S/C15H20N2O2/c18-15(17-9-7-16-8-10-17)13-3-1-2-4-14(13)19-11-12-5-6-12/h1-4,12,16H,5-11H2. The summed E-state index contributed by atoms with van der Waals surface area (Å²) in [7, 11) is 0. The lowest BCUT2D eigenvalue weighted by Gasteiger charge is -2.28. The van der Waals surface area contributed by atoms with E-state index in [9.17, 15) is 4.79 Å². The summed E-state index contributed by atoms with van der Waals surface area (Å²) in [5.74, 6) is 1.52. The Labute approximate surface area is 113 Å². The van der Waals surface area contributed by atoms with Crippen molar-refractivity contribution >= 4 is 5.91 Å². The zero-order chi connectivity index (χ0) is 13.1. The van der Waals surface area contributed by atoms with Gasteiger partial charge in [0, 0.05) is 26.2 Å². The van der Waals surface area contributed by atoms with Crippen LogP contribution >= 0.6 is 0 Å². The maximum absolute atomic E-state index is 12.5. The molecule has 102 valence electrons. The Morgan fingerprint density at radius 2 is 2.00 bits per heavy atom. The fraction of sp³-hybridized carbons (Fsp3) is 0.533. The van der Waals surface area contributed by atoms with Crippen LogP contribution in [0.5, 0.6) is 5.75 Å².